The highest BCUT2D eigenvalue weighted by Crippen LogP contribution is 2.19. The van der Waals surface area contributed by atoms with Crippen molar-refractivity contribution in [3.8, 4) is 0 Å². The third-order valence-electron chi connectivity index (χ3n) is 2.80. The van der Waals surface area contributed by atoms with Crippen LogP contribution in [-0.4, -0.2) is 10.9 Å². The zero-order valence-electron chi connectivity index (χ0n) is 10.6. The molecule has 0 aliphatic rings. The second-order valence-electron chi connectivity index (χ2n) is 4.31. The molecule has 1 atom stereocenters. The maximum Gasteiger partial charge on any atom is 0.267 e. The molecule has 2 aromatic rings. The second kappa shape index (κ2) is 5.39. The van der Waals surface area contributed by atoms with Crippen molar-refractivity contribution in [2.24, 2.45) is 5.73 Å². The number of primary amides is 1. The van der Waals surface area contributed by atoms with Crippen molar-refractivity contribution in [3.05, 3.63) is 53.7 Å². The number of amides is 1. The fourth-order valence-corrected chi connectivity index (χ4v) is 1.74. The van der Waals surface area contributed by atoms with Gasteiger partial charge >= 0.3 is 0 Å². The SMILES string of the molecule is CC(Nc1cccc(C(N)=O)n1)c1ccc(N)cc1. The number of nitrogens with two attached hydrogens (primary N) is 2. The van der Waals surface area contributed by atoms with Crippen LogP contribution in [0.3, 0.4) is 0 Å². The van der Waals surface area contributed by atoms with Crippen molar-refractivity contribution < 1.29 is 4.79 Å². The molecule has 1 heterocycles. The summed E-state index contributed by atoms with van der Waals surface area (Å²) in [5.41, 5.74) is 12.9. The van der Waals surface area contributed by atoms with Gasteiger partial charge < -0.3 is 16.8 Å². The molecule has 5 N–H and O–H groups in total. The lowest BCUT2D eigenvalue weighted by Gasteiger charge is -2.15. The quantitative estimate of drug-likeness (QED) is 0.728. The highest BCUT2D eigenvalue weighted by atomic mass is 16.1. The van der Waals surface area contributed by atoms with Gasteiger partial charge in [0.05, 0.1) is 0 Å². The number of benzene rings is 1. The molecule has 0 saturated carbocycles. The van der Waals surface area contributed by atoms with E-state index in [-0.39, 0.29) is 11.7 Å². The first-order valence-corrected chi connectivity index (χ1v) is 5.95. The molecule has 1 aromatic heterocycles. The summed E-state index contributed by atoms with van der Waals surface area (Å²) in [7, 11) is 0. The predicted molar refractivity (Wildman–Crippen MR) is 75.6 cm³/mol. The molecule has 0 aliphatic heterocycles. The number of carbonyl (C=O) groups excluding carboxylic acids is 1. The van der Waals surface area contributed by atoms with Crippen molar-refractivity contribution in [1.82, 2.24) is 4.98 Å². The molecule has 19 heavy (non-hydrogen) atoms. The Morgan fingerprint density at radius 1 is 1.21 bits per heavy atom. The van der Waals surface area contributed by atoms with Crippen molar-refractivity contribution in [2.75, 3.05) is 11.1 Å². The van der Waals surface area contributed by atoms with Crippen LogP contribution >= 0.6 is 0 Å². The average Bonchev–Trinajstić information content (AvgIpc) is 2.39. The number of carbonyl (C=O) groups is 1. The minimum absolute atomic E-state index is 0.0521. The number of pyridine rings is 1. The monoisotopic (exact) mass is 256 g/mol. The molecule has 0 aliphatic carbocycles. The largest absolute Gasteiger partial charge is 0.399 e. The summed E-state index contributed by atoms with van der Waals surface area (Å²) in [4.78, 5) is 15.2. The van der Waals surface area contributed by atoms with E-state index in [0.29, 0.717) is 5.82 Å². The lowest BCUT2D eigenvalue weighted by atomic mass is 10.1. The molecule has 0 spiro atoms. The number of aromatic nitrogens is 1. The molecular formula is C14H16N4O. The third kappa shape index (κ3) is 3.22. The highest BCUT2D eigenvalue weighted by molar-refractivity contribution is 5.91. The molecule has 5 nitrogen and oxygen atoms in total. The molecule has 5 heteroatoms. The van der Waals surface area contributed by atoms with Gasteiger partial charge in [-0.05, 0) is 36.8 Å². The average molecular weight is 256 g/mol. The summed E-state index contributed by atoms with van der Waals surface area (Å²) < 4.78 is 0. The lowest BCUT2D eigenvalue weighted by molar-refractivity contribution is 0.0995. The highest BCUT2D eigenvalue weighted by Gasteiger charge is 2.07. The van der Waals surface area contributed by atoms with E-state index in [4.69, 9.17) is 11.5 Å². The third-order valence-corrected chi connectivity index (χ3v) is 2.80. The minimum Gasteiger partial charge on any atom is -0.399 e. The van der Waals surface area contributed by atoms with Gasteiger partial charge in [-0.2, -0.15) is 0 Å². The van der Waals surface area contributed by atoms with Crippen molar-refractivity contribution >= 4 is 17.4 Å². The van der Waals surface area contributed by atoms with Gasteiger partial charge in [-0.3, -0.25) is 4.79 Å². The summed E-state index contributed by atoms with van der Waals surface area (Å²) in [6.45, 7) is 2.00. The zero-order chi connectivity index (χ0) is 13.8. The van der Waals surface area contributed by atoms with E-state index in [0.717, 1.165) is 11.3 Å². The number of hydrogen-bond acceptors (Lipinski definition) is 4. The molecule has 1 aromatic carbocycles. The zero-order valence-corrected chi connectivity index (χ0v) is 10.6. The Hall–Kier alpha value is -2.56. The first-order chi connectivity index (χ1) is 9.06. The van der Waals surface area contributed by atoms with Gasteiger partial charge in [0.2, 0.25) is 0 Å². The Bertz CT molecular complexity index is 580. The normalized spacial score (nSPS) is 11.8. The molecule has 2 rings (SSSR count). The number of hydrogen-bond donors (Lipinski definition) is 3. The van der Waals surface area contributed by atoms with Gasteiger partial charge in [-0.1, -0.05) is 18.2 Å². The Kier molecular flexibility index (Phi) is 3.66. The molecule has 0 bridgehead atoms. The van der Waals surface area contributed by atoms with Gasteiger partial charge in [0, 0.05) is 11.7 Å². The van der Waals surface area contributed by atoms with Crippen molar-refractivity contribution in [3.63, 3.8) is 0 Å². The number of nitrogens with zero attached hydrogens (tertiary/aromatic N) is 1. The van der Waals surface area contributed by atoms with Crippen molar-refractivity contribution in [1.29, 1.82) is 0 Å². The lowest BCUT2D eigenvalue weighted by Crippen LogP contribution is -2.15. The van der Waals surface area contributed by atoms with Gasteiger partial charge in [-0.15, -0.1) is 0 Å². The van der Waals surface area contributed by atoms with Crippen LogP contribution in [0.1, 0.15) is 29.0 Å². The fourth-order valence-electron chi connectivity index (χ4n) is 1.74. The maximum absolute atomic E-state index is 11.1. The number of nitrogen functional groups attached to an aromatic ring is 1. The van der Waals surface area contributed by atoms with E-state index in [1.54, 1.807) is 18.2 Å². The Balaban J connectivity index is 2.14. The molecular weight excluding hydrogens is 240 g/mol. The molecule has 0 saturated heterocycles. The van der Waals surface area contributed by atoms with Crippen LogP contribution in [0.2, 0.25) is 0 Å². The number of nitrogens with one attached hydrogen (secondary N) is 1. The Morgan fingerprint density at radius 2 is 1.89 bits per heavy atom. The molecule has 0 radical (unpaired) electrons. The molecule has 1 amide bonds. The maximum atomic E-state index is 11.1. The summed E-state index contributed by atoms with van der Waals surface area (Å²) in [6, 6.07) is 12.8. The van der Waals surface area contributed by atoms with Gasteiger partial charge in [-0.25, -0.2) is 4.98 Å². The minimum atomic E-state index is -0.538. The van der Waals surface area contributed by atoms with E-state index < -0.39 is 5.91 Å². The first-order valence-electron chi connectivity index (χ1n) is 5.95. The number of anilines is 2. The van der Waals surface area contributed by atoms with Crippen LogP contribution in [0.15, 0.2) is 42.5 Å². The van der Waals surface area contributed by atoms with Crippen LogP contribution < -0.4 is 16.8 Å². The van der Waals surface area contributed by atoms with E-state index in [9.17, 15) is 4.79 Å². The summed E-state index contributed by atoms with van der Waals surface area (Å²) in [5.74, 6) is 0.0735. The fraction of sp³-hybridized carbons (Fsp3) is 0.143. The van der Waals surface area contributed by atoms with Crippen LogP contribution in [0.4, 0.5) is 11.5 Å². The van der Waals surface area contributed by atoms with Gasteiger partial charge in [0.1, 0.15) is 11.5 Å². The van der Waals surface area contributed by atoms with Crippen LogP contribution in [0.25, 0.3) is 0 Å². The van der Waals surface area contributed by atoms with E-state index >= 15 is 0 Å². The standard InChI is InChI=1S/C14H16N4O/c1-9(10-5-7-11(15)8-6-10)17-13-4-2-3-12(18-13)14(16)19/h2-9H,15H2,1H3,(H2,16,19)(H,17,18). The van der Waals surface area contributed by atoms with Gasteiger partial charge in [0.15, 0.2) is 0 Å². The first kappa shape index (κ1) is 12.9. The summed E-state index contributed by atoms with van der Waals surface area (Å²) in [6.07, 6.45) is 0. The predicted octanol–water partition coefficient (Wildman–Crippen LogP) is 1.94. The molecule has 0 fully saturated rings. The van der Waals surface area contributed by atoms with E-state index in [1.165, 1.54) is 0 Å². The summed E-state index contributed by atoms with van der Waals surface area (Å²) in [5, 5.41) is 3.21. The van der Waals surface area contributed by atoms with Crippen LogP contribution in [-0.2, 0) is 0 Å². The van der Waals surface area contributed by atoms with E-state index in [2.05, 4.69) is 10.3 Å². The molecule has 1 unspecified atom stereocenters. The summed E-state index contributed by atoms with van der Waals surface area (Å²) >= 11 is 0. The second-order valence-corrected chi connectivity index (χ2v) is 4.31. The van der Waals surface area contributed by atoms with E-state index in [1.807, 2.05) is 31.2 Å². The molecule has 98 valence electrons. The Labute approximate surface area is 111 Å². The van der Waals surface area contributed by atoms with Crippen LogP contribution in [0, 0.1) is 0 Å². The number of rotatable bonds is 4. The van der Waals surface area contributed by atoms with Crippen LogP contribution in [0.5, 0.6) is 0 Å². The van der Waals surface area contributed by atoms with Gasteiger partial charge in [0.25, 0.3) is 5.91 Å². The smallest absolute Gasteiger partial charge is 0.267 e. The Morgan fingerprint density at radius 3 is 2.53 bits per heavy atom. The van der Waals surface area contributed by atoms with Crippen molar-refractivity contribution in [2.45, 2.75) is 13.0 Å². The topological polar surface area (TPSA) is 94.0 Å².